The van der Waals surface area contributed by atoms with E-state index in [9.17, 15) is 14.7 Å². The summed E-state index contributed by atoms with van der Waals surface area (Å²) in [7, 11) is 0. The lowest BCUT2D eigenvalue weighted by molar-refractivity contribution is -0.162. The van der Waals surface area contributed by atoms with Crippen LogP contribution in [0.1, 0.15) is 24.6 Å². The van der Waals surface area contributed by atoms with E-state index in [0.29, 0.717) is 18.7 Å². The second kappa shape index (κ2) is 5.67. The molecule has 0 aliphatic carbocycles. The highest BCUT2D eigenvalue weighted by Crippen LogP contribution is 2.28. The van der Waals surface area contributed by atoms with Crippen molar-refractivity contribution in [1.29, 1.82) is 0 Å². The molecule has 1 aromatic carbocycles. The Bertz CT molecular complexity index is 876. The van der Waals surface area contributed by atoms with Crippen LogP contribution in [0, 0.1) is 0 Å². The van der Waals surface area contributed by atoms with Crippen LogP contribution >= 0.6 is 0 Å². The van der Waals surface area contributed by atoms with Crippen LogP contribution in [0.2, 0.25) is 0 Å². The minimum Gasteiger partial charge on any atom is -0.458 e. The Morgan fingerprint density at radius 1 is 1.36 bits per heavy atom. The molecule has 0 fully saturated rings. The van der Waals surface area contributed by atoms with Crippen LogP contribution in [0.4, 0.5) is 0 Å². The lowest BCUT2D eigenvalue weighted by Crippen LogP contribution is -2.44. The Balaban J connectivity index is 1.61. The molecular weight excluding hydrogens is 320 g/mol. The predicted molar refractivity (Wildman–Crippen MR) is 90.3 cm³/mol. The number of pyridine rings is 1. The molecule has 25 heavy (non-hydrogen) atoms. The second-order valence-electron chi connectivity index (χ2n) is 6.47. The predicted octanol–water partition coefficient (Wildman–Crippen LogP) is 1.70. The van der Waals surface area contributed by atoms with Gasteiger partial charge < -0.3 is 14.7 Å². The number of ether oxygens (including phenoxy) is 1. The molecule has 128 valence electrons. The number of hydrogen-bond acceptors (Lipinski definition) is 5. The van der Waals surface area contributed by atoms with E-state index < -0.39 is 11.6 Å². The fourth-order valence-corrected chi connectivity index (χ4v) is 3.29. The number of para-hydroxylation sites is 1. The Hall–Kier alpha value is -2.73. The summed E-state index contributed by atoms with van der Waals surface area (Å²) in [6, 6.07) is 9.90. The van der Waals surface area contributed by atoms with Crippen molar-refractivity contribution in [3.63, 3.8) is 0 Å². The van der Waals surface area contributed by atoms with Crippen LogP contribution in [0.5, 0.6) is 0 Å². The van der Waals surface area contributed by atoms with Crippen molar-refractivity contribution in [1.82, 2.24) is 9.88 Å². The van der Waals surface area contributed by atoms with Gasteiger partial charge in [0, 0.05) is 11.9 Å². The smallest absolute Gasteiger partial charge is 0.342 e. The van der Waals surface area contributed by atoms with E-state index in [2.05, 4.69) is 11.1 Å². The van der Waals surface area contributed by atoms with Crippen molar-refractivity contribution >= 4 is 22.8 Å². The van der Waals surface area contributed by atoms with E-state index in [1.807, 2.05) is 24.3 Å². The van der Waals surface area contributed by atoms with Gasteiger partial charge in [0.2, 0.25) is 0 Å². The normalized spacial score (nSPS) is 22.6. The van der Waals surface area contributed by atoms with Crippen LogP contribution in [-0.4, -0.2) is 39.1 Å². The monoisotopic (exact) mass is 338 g/mol. The minimum atomic E-state index is -1.72. The van der Waals surface area contributed by atoms with Crippen molar-refractivity contribution in [2.24, 2.45) is 0 Å². The average molecular weight is 338 g/mol. The molecule has 1 unspecified atom stereocenters. The third-order valence-corrected chi connectivity index (χ3v) is 4.82. The zero-order chi connectivity index (χ0) is 17.6. The topological polar surface area (TPSA) is 79.7 Å². The van der Waals surface area contributed by atoms with Gasteiger partial charge in [0.25, 0.3) is 5.91 Å². The summed E-state index contributed by atoms with van der Waals surface area (Å²) in [6.45, 7) is 2.44. The van der Waals surface area contributed by atoms with Crippen LogP contribution in [0.3, 0.4) is 0 Å². The average Bonchev–Trinajstić information content (AvgIpc) is 3.04. The SMILES string of the molecule is CCC1(O)C=C(C(=O)N2Cc3cc4ccccc4nc3C2)COC1=O. The number of hydrogen-bond donors (Lipinski definition) is 1. The van der Waals surface area contributed by atoms with Gasteiger partial charge in [-0.1, -0.05) is 25.1 Å². The lowest BCUT2D eigenvalue weighted by Gasteiger charge is -2.28. The molecule has 1 amide bonds. The van der Waals surface area contributed by atoms with Gasteiger partial charge >= 0.3 is 5.97 Å². The molecule has 2 aliphatic rings. The number of carbonyl (C=O) groups is 2. The van der Waals surface area contributed by atoms with Crippen LogP contribution in [0.15, 0.2) is 42.0 Å². The number of fused-ring (bicyclic) bond motifs is 2. The van der Waals surface area contributed by atoms with Gasteiger partial charge in [0.05, 0.1) is 23.3 Å². The van der Waals surface area contributed by atoms with Crippen molar-refractivity contribution in [3.05, 3.63) is 53.2 Å². The molecule has 0 bridgehead atoms. The number of nitrogens with zero attached hydrogens (tertiary/aromatic N) is 2. The number of amides is 1. The number of cyclic esters (lactones) is 1. The molecule has 1 atom stereocenters. The van der Waals surface area contributed by atoms with Gasteiger partial charge in [-0.3, -0.25) is 9.78 Å². The summed E-state index contributed by atoms with van der Waals surface area (Å²) in [5, 5.41) is 11.3. The maximum atomic E-state index is 12.8. The van der Waals surface area contributed by atoms with Gasteiger partial charge in [-0.2, -0.15) is 0 Å². The van der Waals surface area contributed by atoms with E-state index in [4.69, 9.17) is 4.74 Å². The Kier molecular flexibility index (Phi) is 3.58. The lowest BCUT2D eigenvalue weighted by atomic mass is 9.95. The standard InChI is InChI=1S/C19H18N2O4/c1-2-19(24)8-14(11-25-18(19)23)17(22)21-9-13-7-12-5-3-4-6-15(12)20-16(13)10-21/h3-8,24H,2,9-11H2,1H3. The first-order valence-corrected chi connectivity index (χ1v) is 8.28. The first-order chi connectivity index (χ1) is 12.0. The third-order valence-electron chi connectivity index (χ3n) is 4.82. The summed E-state index contributed by atoms with van der Waals surface area (Å²) in [6.07, 6.45) is 1.50. The number of benzene rings is 1. The summed E-state index contributed by atoms with van der Waals surface area (Å²) in [5.41, 5.74) is 1.39. The highest BCUT2D eigenvalue weighted by Gasteiger charge is 2.40. The van der Waals surface area contributed by atoms with E-state index in [1.54, 1.807) is 11.8 Å². The van der Waals surface area contributed by atoms with E-state index >= 15 is 0 Å². The first kappa shape index (κ1) is 15.8. The fourth-order valence-electron chi connectivity index (χ4n) is 3.29. The molecule has 6 nitrogen and oxygen atoms in total. The molecule has 1 aromatic heterocycles. The number of aliphatic hydroxyl groups is 1. The summed E-state index contributed by atoms with van der Waals surface area (Å²) < 4.78 is 5.00. The number of rotatable bonds is 2. The summed E-state index contributed by atoms with van der Waals surface area (Å²) in [4.78, 5) is 30.8. The van der Waals surface area contributed by atoms with Crippen molar-refractivity contribution in [3.8, 4) is 0 Å². The van der Waals surface area contributed by atoms with E-state index in [0.717, 1.165) is 22.2 Å². The van der Waals surface area contributed by atoms with Gasteiger partial charge in [-0.25, -0.2) is 4.79 Å². The van der Waals surface area contributed by atoms with Crippen LogP contribution in [0.25, 0.3) is 10.9 Å². The minimum absolute atomic E-state index is 0.109. The maximum absolute atomic E-state index is 12.8. The summed E-state index contributed by atoms with van der Waals surface area (Å²) >= 11 is 0. The molecule has 0 spiro atoms. The van der Waals surface area contributed by atoms with Crippen molar-refractivity contribution in [2.75, 3.05) is 6.61 Å². The first-order valence-electron chi connectivity index (χ1n) is 8.28. The van der Waals surface area contributed by atoms with Gasteiger partial charge in [-0.05, 0) is 30.2 Å². The number of aromatic nitrogens is 1. The molecule has 3 heterocycles. The molecule has 0 saturated heterocycles. The largest absolute Gasteiger partial charge is 0.458 e. The third kappa shape index (κ3) is 2.59. The quantitative estimate of drug-likeness (QED) is 0.843. The summed E-state index contributed by atoms with van der Waals surface area (Å²) in [5.74, 6) is -0.939. The number of carbonyl (C=O) groups excluding carboxylic acids is 2. The Morgan fingerprint density at radius 3 is 2.96 bits per heavy atom. The van der Waals surface area contributed by atoms with Crippen molar-refractivity contribution in [2.45, 2.75) is 32.0 Å². The molecule has 0 saturated carbocycles. The zero-order valence-corrected chi connectivity index (χ0v) is 13.9. The van der Waals surface area contributed by atoms with Crippen LogP contribution in [-0.2, 0) is 27.4 Å². The van der Waals surface area contributed by atoms with Crippen molar-refractivity contribution < 1.29 is 19.4 Å². The Labute approximate surface area is 144 Å². The zero-order valence-electron chi connectivity index (χ0n) is 13.9. The van der Waals surface area contributed by atoms with Gasteiger partial charge in [0.15, 0.2) is 5.60 Å². The van der Waals surface area contributed by atoms with Gasteiger partial charge in [0.1, 0.15) is 6.61 Å². The molecule has 6 heteroatoms. The fraction of sp³-hybridized carbons (Fsp3) is 0.316. The van der Waals surface area contributed by atoms with E-state index in [1.165, 1.54) is 6.08 Å². The molecule has 2 aliphatic heterocycles. The van der Waals surface area contributed by atoms with Crippen LogP contribution < -0.4 is 0 Å². The Morgan fingerprint density at radius 2 is 2.16 bits per heavy atom. The molecule has 1 N–H and O–H groups in total. The maximum Gasteiger partial charge on any atom is 0.342 e. The highest BCUT2D eigenvalue weighted by atomic mass is 16.6. The van der Waals surface area contributed by atoms with Gasteiger partial charge in [-0.15, -0.1) is 0 Å². The molecule has 4 rings (SSSR count). The number of esters is 1. The molecule has 0 radical (unpaired) electrons. The molecule has 2 aromatic rings. The second-order valence-corrected chi connectivity index (χ2v) is 6.47. The highest BCUT2D eigenvalue weighted by molar-refractivity contribution is 5.97. The van der Waals surface area contributed by atoms with E-state index in [-0.39, 0.29) is 18.9 Å². The molecular formula is C19H18N2O4.